The van der Waals surface area contributed by atoms with Crippen LogP contribution in [0, 0.1) is 0 Å². The van der Waals surface area contributed by atoms with Gasteiger partial charge >= 0.3 is 6.03 Å². The summed E-state index contributed by atoms with van der Waals surface area (Å²) in [7, 11) is 5.59. The summed E-state index contributed by atoms with van der Waals surface area (Å²) in [5.41, 5.74) is 1.72. The molecule has 0 radical (unpaired) electrons. The molecule has 26 heavy (non-hydrogen) atoms. The molecule has 0 aromatic heterocycles. The van der Waals surface area contributed by atoms with E-state index < -0.39 is 0 Å². The van der Waals surface area contributed by atoms with Crippen LogP contribution in [0.15, 0.2) is 42.5 Å². The second-order valence-corrected chi connectivity index (χ2v) is 6.16. The number of nitrogens with zero attached hydrogens (tertiary/aromatic N) is 1. The van der Waals surface area contributed by atoms with E-state index in [9.17, 15) is 4.79 Å². The Bertz CT molecular complexity index is 779. The Morgan fingerprint density at radius 2 is 2.00 bits per heavy atom. The molecule has 7 nitrogen and oxygen atoms in total. The highest BCUT2D eigenvalue weighted by Crippen LogP contribution is 2.34. The maximum Gasteiger partial charge on any atom is 0.319 e. The number of carbonyl (C=O) groups excluding carboxylic acids is 1. The van der Waals surface area contributed by atoms with E-state index in [1.807, 2.05) is 38.4 Å². The molecular formula is C19H23N3O4. The van der Waals surface area contributed by atoms with Crippen molar-refractivity contribution < 1.29 is 19.0 Å². The molecule has 0 saturated heterocycles. The number of hydrogen-bond acceptors (Lipinski definition) is 5. The van der Waals surface area contributed by atoms with E-state index in [4.69, 9.17) is 14.2 Å². The largest absolute Gasteiger partial charge is 0.497 e. The number of urea groups is 1. The van der Waals surface area contributed by atoms with Crippen molar-refractivity contribution in [1.82, 2.24) is 10.2 Å². The van der Waals surface area contributed by atoms with Crippen LogP contribution in [0.4, 0.5) is 10.5 Å². The van der Waals surface area contributed by atoms with Gasteiger partial charge in [-0.25, -0.2) is 4.79 Å². The summed E-state index contributed by atoms with van der Waals surface area (Å²) in [6, 6.07) is 12.9. The normalized spacial score (nSPS) is 13.4. The lowest BCUT2D eigenvalue weighted by Crippen LogP contribution is -2.36. The van der Waals surface area contributed by atoms with Crippen LogP contribution in [0.1, 0.15) is 11.6 Å². The van der Waals surface area contributed by atoms with Crippen LogP contribution in [-0.2, 0) is 0 Å². The van der Waals surface area contributed by atoms with E-state index in [2.05, 4.69) is 15.5 Å². The van der Waals surface area contributed by atoms with Gasteiger partial charge in [0.05, 0.1) is 13.2 Å². The molecule has 138 valence electrons. The predicted octanol–water partition coefficient (Wildman–Crippen LogP) is 2.85. The number of methoxy groups -OCH3 is 1. The van der Waals surface area contributed by atoms with Crippen molar-refractivity contribution in [2.24, 2.45) is 0 Å². The first-order chi connectivity index (χ1) is 12.6. The average Bonchev–Trinajstić information content (AvgIpc) is 3.09. The Morgan fingerprint density at radius 3 is 2.77 bits per heavy atom. The molecule has 1 aliphatic rings. The van der Waals surface area contributed by atoms with Crippen LogP contribution < -0.4 is 24.8 Å². The molecule has 0 spiro atoms. The number of fused-ring (bicyclic) bond motifs is 1. The summed E-state index contributed by atoms with van der Waals surface area (Å²) in [6.07, 6.45) is 0. The molecule has 0 saturated carbocycles. The van der Waals surface area contributed by atoms with E-state index in [0.29, 0.717) is 23.7 Å². The smallest absolute Gasteiger partial charge is 0.319 e. The van der Waals surface area contributed by atoms with Crippen LogP contribution in [0.3, 0.4) is 0 Å². The monoisotopic (exact) mass is 357 g/mol. The topological polar surface area (TPSA) is 72.1 Å². The van der Waals surface area contributed by atoms with Gasteiger partial charge in [-0.15, -0.1) is 0 Å². The molecule has 0 fully saturated rings. The van der Waals surface area contributed by atoms with Crippen molar-refractivity contribution >= 4 is 11.7 Å². The lowest BCUT2D eigenvalue weighted by atomic mass is 10.1. The minimum atomic E-state index is -0.279. The first-order valence-electron chi connectivity index (χ1n) is 8.31. The molecule has 1 atom stereocenters. The summed E-state index contributed by atoms with van der Waals surface area (Å²) in [5.74, 6) is 2.10. The van der Waals surface area contributed by atoms with Crippen LogP contribution in [-0.4, -0.2) is 45.5 Å². The molecule has 0 bridgehead atoms. The maximum absolute atomic E-state index is 12.3. The Hall–Kier alpha value is -2.93. The summed E-state index contributed by atoms with van der Waals surface area (Å²) in [4.78, 5) is 14.3. The van der Waals surface area contributed by atoms with Crippen LogP contribution >= 0.6 is 0 Å². The zero-order valence-electron chi connectivity index (χ0n) is 15.1. The second kappa shape index (κ2) is 7.97. The predicted molar refractivity (Wildman–Crippen MR) is 99.0 cm³/mol. The lowest BCUT2D eigenvalue weighted by molar-refractivity contribution is 0.174. The average molecular weight is 357 g/mol. The highest BCUT2D eigenvalue weighted by molar-refractivity contribution is 5.89. The number of carbonyl (C=O) groups is 1. The van der Waals surface area contributed by atoms with E-state index in [1.165, 1.54) is 0 Å². The van der Waals surface area contributed by atoms with E-state index in [0.717, 1.165) is 11.3 Å². The number of benzene rings is 2. The lowest BCUT2D eigenvalue weighted by Gasteiger charge is -2.25. The molecule has 2 aromatic rings. The van der Waals surface area contributed by atoms with Crippen molar-refractivity contribution in [3.05, 3.63) is 48.0 Å². The molecule has 3 rings (SSSR count). The zero-order valence-corrected chi connectivity index (χ0v) is 15.1. The van der Waals surface area contributed by atoms with Crippen molar-refractivity contribution in [3.63, 3.8) is 0 Å². The van der Waals surface area contributed by atoms with Gasteiger partial charge in [-0.1, -0.05) is 12.1 Å². The van der Waals surface area contributed by atoms with Crippen LogP contribution in [0.2, 0.25) is 0 Å². The van der Waals surface area contributed by atoms with Crippen molar-refractivity contribution in [2.75, 3.05) is 39.9 Å². The minimum Gasteiger partial charge on any atom is -0.497 e. The van der Waals surface area contributed by atoms with Gasteiger partial charge < -0.3 is 29.7 Å². The first-order valence-corrected chi connectivity index (χ1v) is 8.31. The van der Waals surface area contributed by atoms with E-state index >= 15 is 0 Å². The fourth-order valence-corrected chi connectivity index (χ4v) is 2.79. The molecule has 0 aliphatic carbocycles. The first kappa shape index (κ1) is 17.9. The molecule has 1 unspecified atom stereocenters. The van der Waals surface area contributed by atoms with Crippen LogP contribution in [0.25, 0.3) is 0 Å². The standard InChI is InChI=1S/C19H23N3O4/c1-22(2)16(13-5-4-6-15(9-13)24-3)11-20-19(23)21-14-7-8-17-18(10-14)26-12-25-17/h4-10,16H,11-12H2,1-3H3,(H2,20,21,23). The summed E-state index contributed by atoms with van der Waals surface area (Å²) in [5, 5.41) is 5.72. The Balaban J connectivity index is 1.61. The number of hydrogen-bond donors (Lipinski definition) is 2. The number of rotatable bonds is 6. The zero-order chi connectivity index (χ0) is 18.5. The summed E-state index contributed by atoms with van der Waals surface area (Å²) >= 11 is 0. The molecule has 7 heteroatoms. The van der Waals surface area contributed by atoms with Gasteiger partial charge in [0, 0.05) is 18.3 Å². The molecular weight excluding hydrogens is 334 g/mol. The highest BCUT2D eigenvalue weighted by atomic mass is 16.7. The number of anilines is 1. The number of amides is 2. The van der Waals surface area contributed by atoms with Gasteiger partial charge in [-0.05, 0) is 43.9 Å². The highest BCUT2D eigenvalue weighted by Gasteiger charge is 2.17. The molecule has 1 heterocycles. The fraction of sp³-hybridized carbons (Fsp3) is 0.316. The SMILES string of the molecule is COc1cccc(C(CNC(=O)Nc2ccc3c(c2)OCO3)N(C)C)c1. The number of ether oxygens (including phenoxy) is 3. The summed E-state index contributed by atoms with van der Waals surface area (Å²) < 4.78 is 15.9. The van der Waals surface area contributed by atoms with Gasteiger partial charge in [0.2, 0.25) is 6.79 Å². The summed E-state index contributed by atoms with van der Waals surface area (Å²) in [6.45, 7) is 0.659. The van der Waals surface area contributed by atoms with Gasteiger partial charge in [-0.2, -0.15) is 0 Å². The minimum absolute atomic E-state index is 0.0209. The quantitative estimate of drug-likeness (QED) is 0.832. The van der Waals surface area contributed by atoms with Gasteiger partial charge in [0.25, 0.3) is 0 Å². The van der Waals surface area contributed by atoms with Crippen molar-refractivity contribution in [1.29, 1.82) is 0 Å². The Morgan fingerprint density at radius 1 is 1.19 bits per heavy atom. The van der Waals surface area contributed by atoms with E-state index in [-0.39, 0.29) is 18.9 Å². The molecule has 2 amide bonds. The molecule has 2 aromatic carbocycles. The Kier molecular flexibility index (Phi) is 5.48. The third kappa shape index (κ3) is 4.18. The third-order valence-electron chi connectivity index (χ3n) is 4.19. The number of nitrogens with one attached hydrogen (secondary N) is 2. The van der Waals surface area contributed by atoms with Gasteiger partial charge in [0.15, 0.2) is 11.5 Å². The van der Waals surface area contributed by atoms with Crippen molar-refractivity contribution in [2.45, 2.75) is 6.04 Å². The fourth-order valence-electron chi connectivity index (χ4n) is 2.79. The van der Waals surface area contributed by atoms with Crippen LogP contribution in [0.5, 0.6) is 17.2 Å². The number of likely N-dealkylation sites (N-methyl/N-ethyl adjacent to an activating group) is 1. The van der Waals surface area contributed by atoms with E-state index in [1.54, 1.807) is 25.3 Å². The maximum atomic E-state index is 12.3. The van der Waals surface area contributed by atoms with Crippen molar-refractivity contribution in [3.8, 4) is 17.2 Å². The third-order valence-corrected chi connectivity index (χ3v) is 4.19. The molecule has 2 N–H and O–H groups in total. The van der Waals surface area contributed by atoms with Gasteiger partial charge in [-0.3, -0.25) is 0 Å². The second-order valence-electron chi connectivity index (χ2n) is 6.16. The molecule has 1 aliphatic heterocycles. The van der Waals surface area contributed by atoms with Gasteiger partial charge in [0.1, 0.15) is 5.75 Å². The Labute approximate surface area is 152 Å².